The molecule has 0 fully saturated rings. The van der Waals surface area contributed by atoms with Crippen molar-refractivity contribution in [1.29, 1.82) is 0 Å². The summed E-state index contributed by atoms with van der Waals surface area (Å²) < 4.78 is 11.0. The van der Waals surface area contributed by atoms with E-state index < -0.39 is 0 Å². The second-order valence-corrected chi connectivity index (χ2v) is 7.90. The van der Waals surface area contributed by atoms with E-state index in [2.05, 4.69) is 25.5 Å². The standard InChI is InChI=1S/C19H25ClN2O3S/c1-12(2)25-18-14(20)9-13(10-16(18)24-5)19(23)21-11-15(22(3)4)17-7-6-8-26-17/h6-10,12,15H,11H2,1-5H3,(H,21,23)/p+1/t15-/m0/s1. The number of likely N-dealkylation sites (N-methyl/N-ethyl adjacent to an activating group) is 1. The smallest absolute Gasteiger partial charge is 0.251 e. The first-order valence-electron chi connectivity index (χ1n) is 8.49. The highest BCUT2D eigenvalue weighted by Crippen LogP contribution is 2.37. The number of nitrogens with one attached hydrogen (secondary N) is 2. The van der Waals surface area contributed by atoms with Crippen LogP contribution in [0.15, 0.2) is 29.6 Å². The Labute approximate surface area is 163 Å². The van der Waals surface area contributed by atoms with Gasteiger partial charge in [-0.05, 0) is 37.4 Å². The van der Waals surface area contributed by atoms with Gasteiger partial charge in [0.25, 0.3) is 5.91 Å². The van der Waals surface area contributed by atoms with E-state index in [1.54, 1.807) is 23.5 Å². The van der Waals surface area contributed by atoms with E-state index in [1.165, 1.54) is 16.9 Å². The van der Waals surface area contributed by atoms with E-state index in [0.29, 0.717) is 28.6 Å². The van der Waals surface area contributed by atoms with Crippen molar-refractivity contribution in [3.05, 3.63) is 45.1 Å². The molecule has 1 atom stereocenters. The van der Waals surface area contributed by atoms with Crippen LogP contribution in [0.2, 0.25) is 5.02 Å². The second kappa shape index (κ2) is 9.26. The van der Waals surface area contributed by atoms with Crippen molar-refractivity contribution in [2.75, 3.05) is 27.7 Å². The van der Waals surface area contributed by atoms with Crippen LogP contribution >= 0.6 is 22.9 Å². The van der Waals surface area contributed by atoms with Gasteiger partial charge < -0.3 is 19.7 Å². The lowest BCUT2D eigenvalue weighted by Crippen LogP contribution is -3.06. The summed E-state index contributed by atoms with van der Waals surface area (Å²) in [5, 5.41) is 5.40. The first kappa shape index (κ1) is 20.6. The minimum atomic E-state index is -0.191. The molecule has 26 heavy (non-hydrogen) atoms. The number of carbonyl (C=O) groups excluding carboxylic acids is 1. The van der Waals surface area contributed by atoms with Crippen LogP contribution in [0.4, 0.5) is 0 Å². The molecular formula is C19H26ClN2O3S+. The lowest BCUT2D eigenvalue weighted by Gasteiger charge is -2.21. The zero-order chi connectivity index (χ0) is 19.3. The maximum atomic E-state index is 12.6. The van der Waals surface area contributed by atoms with Gasteiger partial charge >= 0.3 is 0 Å². The summed E-state index contributed by atoms with van der Waals surface area (Å²) in [6.07, 6.45) is -0.0457. The molecule has 0 aliphatic heterocycles. The number of ether oxygens (including phenoxy) is 2. The molecule has 2 aromatic rings. The van der Waals surface area contributed by atoms with Crippen LogP contribution in [0.5, 0.6) is 11.5 Å². The summed E-state index contributed by atoms with van der Waals surface area (Å²) in [7, 11) is 5.69. The molecular weight excluding hydrogens is 372 g/mol. The fourth-order valence-electron chi connectivity index (χ4n) is 2.58. The third-order valence-electron chi connectivity index (χ3n) is 3.90. The molecule has 7 heteroatoms. The highest BCUT2D eigenvalue weighted by atomic mass is 35.5. The van der Waals surface area contributed by atoms with E-state index in [0.717, 1.165) is 0 Å². The topological polar surface area (TPSA) is 52.0 Å². The SMILES string of the molecule is COc1cc(C(=O)NC[C@@H](c2cccs2)[NH+](C)C)cc(Cl)c1OC(C)C. The number of methoxy groups -OCH3 is 1. The average molecular weight is 398 g/mol. The predicted octanol–water partition coefficient (Wildman–Crippen LogP) is 2.81. The molecule has 0 aliphatic rings. The minimum absolute atomic E-state index is 0.0457. The zero-order valence-corrected chi connectivity index (χ0v) is 17.3. The highest BCUT2D eigenvalue weighted by molar-refractivity contribution is 7.10. The molecule has 0 unspecified atom stereocenters. The Morgan fingerprint density at radius 1 is 1.35 bits per heavy atom. The molecule has 0 aliphatic carbocycles. The summed E-state index contributed by atoms with van der Waals surface area (Å²) >= 11 is 8.00. The second-order valence-electron chi connectivity index (χ2n) is 6.51. The Hall–Kier alpha value is -1.76. The van der Waals surface area contributed by atoms with Crippen LogP contribution in [-0.2, 0) is 0 Å². The van der Waals surface area contributed by atoms with E-state index >= 15 is 0 Å². The summed E-state index contributed by atoms with van der Waals surface area (Å²) in [6.45, 7) is 4.35. The molecule has 1 aromatic heterocycles. The average Bonchev–Trinajstić information content (AvgIpc) is 3.10. The molecule has 0 saturated heterocycles. The molecule has 0 radical (unpaired) electrons. The quantitative estimate of drug-likeness (QED) is 0.720. The van der Waals surface area contributed by atoms with Crippen molar-refractivity contribution < 1.29 is 19.2 Å². The number of halogens is 1. The van der Waals surface area contributed by atoms with Gasteiger partial charge in [-0.25, -0.2) is 0 Å². The number of thiophene rings is 1. The molecule has 5 nitrogen and oxygen atoms in total. The molecule has 0 bridgehead atoms. The number of hydrogen-bond acceptors (Lipinski definition) is 4. The van der Waals surface area contributed by atoms with Gasteiger partial charge in [0.15, 0.2) is 11.5 Å². The van der Waals surface area contributed by atoms with Crippen molar-refractivity contribution in [1.82, 2.24) is 5.32 Å². The number of hydrogen-bond donors (Lipinski definition) is 2. The summed E-state index contributed by atoms with van der Waals surface area (Å²) in [5.41, 5.74) is 0.446. The molecule has 1 heterocycles. The Morgan fingerprint density at radius 2 is 2.08 bits per heavy atom. The predicted molar refractivity (Wildman–Crippen MR) is 106 cm³/mol. The monoisotopic (exact) mass is 397 g/mol. The van der Waals surface area contributed by atoms with Crippen molar-refractivity contribution in [2.24, 2.45) is 0 Å². The van der Waals surface area contributed by atoms with E-state index in [9.17, 15) is 4.79 Å². The fraction of sp³-hybridized carbons (Fsp3) is 0.421. The van der Waals surface area contributed by atoms with Crippen LogP contribution in [0.3, 0.4) is 0 Å². The minimum Gasteiger partial charge on any atom is -0.493 e. The van der Waals surface area contributed by atoms with Gasteiger partial charge in [-0.1, -0.05) is 17.7 Å². The van der Waals surface area contributed by atoms with Gasteiger partial charge in [-0.15, -0.1) is 11.3 Å². The van der Waals surface area contributed by atoms with Crippen molar-refractivity contribution in [2.45, 2.75) is 26.0 Å². The first-order valence-corrected chi connectivity index (χ1v) is 9.75. The number of carbonyl (C=O) groups is 1. The van der Waals surface area contributed by atoms with Gasteiger partial charge in [0, 0.05) is 5.56 Å². The largest absolute Gasteiger partial charge is 0.493 e. The van der Waals surface area contributed by atoms with Crippen molar-refractivity contribution >= 4 is 28.8 Å². The van der Waals surface area contributed by atoms with Gasteiger partial charge in [0.1, 0.15) is 6.04 Å². The van der Waals surface area contributed by atoms with E-state index in [1.807, 2.05) is 25.3 Å². The van der Waals surface area contributed by atoms with Gasteiger partial charge in [-0.3, -0.25) is 4.79 Å². The summed E-state index contributed by atoms with van der Waals surface area (Å²) in [5.74, 6) is 0.711. The lowest BCUT2D eigenvalue weighted by molar-refractivity contribution is -0.890. The number of rotatable bonds is 8. The van der Waals surface area contributed by atoms with Crippen LogP contribution in [0.25, 0.3) is 0 Å². The van der Waals surface area contributed by atoms with Crippen molar-refractivity contribution in [3.8, 4) is 11.5 Å². The zero-order valence-electron chi connectivity index (χ0n) is 15.8. The Bertz CT molecular complexity index is 733. The number of quaternary nitrogens is 1. The molecule has 0 spiro atoms. The van der Waals surface area contributed by atoms with Crippen molar-refractivity contribution in [3.63, 3.8) is 0 Å². The van der Waals surface area contributed by atoms with Gasteiger partial charge in [-0.2, -0.15) is 0 Å². The maximum absolute atomic E-state index is 12.6. The summed E-state index contributed by atoms with van der Waals surface area (Å²) in [6, 6.07) is 7.57. The molecule has 1 aromatic carbocycles. The molecule has 0 saturated carbocycles. The Balaban J connectivity index is 2.15. The third kappa shape index (κ3) is 5.13. The molecule has 142 valence electrons. The third-order valence-corrected chi connectivity index (χ3v) is 5.16. The number of amides is 1. The van der Waals surface area contributed by atoms with E-state index in [4.69, 9.17) is 21.1 Å². The molecule has 1 amide bonds. The summed E-state index contributed by atoms with van der Waals surface area (Å²) in [4.78, 5) is 15.1. The first-order chi connectivity index (χ1) is 12.3. The van der Waals surface area contributed by atoms with Gasteiger partial charge in [0.05, 0.1) is 43.8 Å². The van der Waals surface area contributed by atoms with Gasteiger partial charge in [0.2, 0.25) is 0 Å². The Morgan fingerprint density at radius 3 is 2.62 bits per heavy atom. The lowest BCUT2D eigenvalue weighted by atomic mass is 10.1. The normalized spacial score (nSPS) is 12.3. The van der Waals surface area contributed by atoms with E-state index in [-0.39, 0.29) is 18.1 Å². The molecule has 2 rings (SSSR count). The highest BCUT2D eigenvalue weighted by Gasteiger charge is 2.21. The van der Waals surface area contributed by atoms with Crippen LogP contribution in [0.1, 0.15) is 35.1 Å². The van der Waals surface area contributed by atoms with Crippen LogP contribution in [-0.4, -0.2) is 39.8 Å². The fourth-order valence-corrected chi connectivity index (χ4v) is 3.79. The Kier molecular flexibility index (Phi) is 7.32. The van der Waals surface area contributed by atoms with Crippen LogP contribution in [0, 0.1) is 0 Å². The van der Waals surface area contributed by atoms with Crippen LogP contribution < -0.4 is 19.7 Å². The molecule has 2 N–H and O–H groups in total. The number of benzene rings is 1. The maximum Gasteiger partial charge on any atom is 0.251 e.